The third kappa shape index (κ3) is 4.34. The highest BCUT2D eigenvalue weighted by Gasteiger charge is 2.05. The molecule has 1 heterocycles. The van der Waals surface area contributed by atoms with Gasteiger partial charge in [0.2, 0.25) is 0 Å². The fourth-order valence-electron chi connectivity index (χ4n) is 1.99. The van der Waals surface area contributed by atoms with Gasteiger partial charge in [0.05, 0.1) is 13.7 Å². The second-order valence-electron chi connectivity index (χ2n) is 4.74. The van der Waals surface area contributed by atoms with E-state index in [-0.39, 0.29) is 0 Å². The second-order valence-corrected chi connectivity index (χ2v) is 4.74. The van der Waals surface area contributed by atoms with Gasteiger partial charge in [0.25, 0.3) is 0 Å². The van der Waals surface area contributed by atoms with Crippen molar-refractivity contribution in [2.75, 3.05) is 32.2 Å². The van der Waals surface area contributed by atoms with Gasteiger partial charge in [0, 0.05) is 19.8 Å². The van der Waals surface area contributed by atoms with Gasteiger partial charge < -0.3 is 14.4 Å². The Balaban J connectivity index is 1.79. The molecule has 0 aliphatic rings. The predicted molar refractivity (Wildman–Crippen MR) is 83.1 cm³/mol. The Bertz CT molecular complexity index is 575. The summed E-state index contributed by atoms with van der Waals surface area (Å²) in [4.78, 5) is 10.6. The molecule has 5 nitrogen and oxygen atoms in total. The first-order chi connectivity index (χ1) is 10.2. The summed E-state index contributed by atoms with van der Waals surface area (Å²) in [6.07, 6.45) is 2.68. The number of ether oxygens (including phenoxy) is 2. The van der Waals surface area contributed by atoms with E-state index in [1.54, 1.807) is 13.3 Å². The minimum absolute atomic E-state index is 0.634. The van der Waals surface area contributed by atoms with Gasteiger partial charge in [-0.1, -0.05) is 12.1 Å². The predicted octanol–water partition coefficient (Wildman–Crippen LogP) is 2.70. The van der Waals surface area contributed by atoms with Crippen LogP contribution in [0, 0.1) is 6.92 Å². The molecule has 0 spiro atoms. The van der Waals surface area contributed by atoms with E-state index in [0.29, 0.717) is 6.61 Å². The lowest BCUT2D eigenvalue weighted by molar-refractivity contribution is 0.290. The molecule has 0 fully saturated rings. The molecule has 0 N–H and O–H groups in total. The Morgan fingerprint density at radius 1 is 1.14 bits per heavy atom. The summed E-state index contributed by atoms with van der Waals surface area (Å²) in [5, 5.41) is 0. The summed E-state index contributed by atoms with van der Waals surface area (Å²) in [7, 11) is 3.66. The van der Waals surface area contributed by atoms with Gasteiger partial charge >= 0.3 is 0 Å². The second kappa shape index (κ2) is 7.47. The number of methoxy groups -OCH3 is 1. The number of hydrogen-bond donors (Lipinski definition) is 0. The van der Waals surface area contributed by atoms with E-state index in [1.807, 2.05) is 44.3 Å². The van der Waals surface area contributed by atoms with Crippen molar-refractivity contribution in [3.05, 3.63) is 42.4 Å². The molecule has 0 saturated carbocycles. The van der Waals surface area contributed by atoms with Crippen molar-refractivity contribution < 1.29 is 9.47 Å². The minimum atomic E-state index is 0.634. The van der Waals surface area contributed by atoms with Gasteiger partial charge in [-0.15, -0.1) is 0 Å². The fourth-order valence-corrected chi connectivity index (χ4v) is 1.99. The Morgan fingerprint density at radius 2 is 1.90 bits per heavy atom. The van der Waals surface area contributed by atoms with Crippen LogP contribution in [0.1, 0.15) is 12.2 Å². The molecule has 21 heavy (non-hydrogen) atoms. The number of hydrogen-bond acceptors (Lipinski definition) is 5. The maximum atomic E-state index is 5.75. The van der Waals surface area contributed by atoms with Crippen LogP contribution in [-0.2, 0) is 0 Å². The summed E-state index contributed by atoms with van der Waals surface area (Å²) in [5.41, 5.74) is 0. The van der Waals surface area contributed by atoms with Crippen LogP contribution >= 0.6 is 0 Å². The Kier molecular flexibility index (Phi) is 5.37. The number of nitrogens with zero attached hydrogens (tertiary/aromatic N) is 3. The molecule has 0 aliphatic heterocycles. The van der Waals surface area contributed by atoms with Crippen LogP contribution in [-0.4, -0.2) is 37.3 Å². The number of aryl methyl sites for hydroxylation is 1. The van der Waals surface area contributed by atoms with Gasteiger partial charge in [-0.3, -0.25) is 0 Å². The molecule has 112 valence electrons. The van der Waals surface area contributed by atoms with Gasteiger partial charge in [-0.2, -0.15) is 0 Å². The number of para-hydroxylation sites is 2. The number of aromatic nitrogens is 2. The summed E-state index contributed by atoms with van der Waals surface area (Å²) >= 11 is 0. The maximum Gasteiger partial charge on any atom is 0.161 e. The standard InChI is InChI=1S/C16H21N3O2/c1-13-17-10-9-16(18-13)19(2)11-6-12-21-15-8-5-4-7-14(15)20-3/h4-5,7-10H,6,11-12H2,1-3H3. The summed E-state index contributed by atoms with van der Waals surface area (Å²) in [5.74, 6) is 3.25. The van der Waals surface area contributed by atoms with Crippen molar-refractivity contribution in [2.24, 2.45) is 0 Å². The fraction of sp³-hybridized carbons (Fsp3) is 0.375. The molecule has 0 amide bonds. The lowest BCUT2D eigenvalue weighted by Crippen LogP contribution is -2.21. The van der Waals surface area contributed by atoms with E-state index in [2.05, 4.69) is 14.9 Å². The van der Waals surface area contributed by atoms with Gasteiger partial charge in [0.15, 0.2) is 11.5 Å². The molecular weight excluding hydrogens is 266 g/mol. The van der Waals surface area contributed by atoms with Crippen molar-refractivity contribution in [2.45, 2.75) is 13.3 Å². The molecule has 2 rings (SSSR count). The molecule has 2 aromatic rings. The number of rotatable bonds is 7. The molecular formula is C16H21N3O2. The zero-order valence-electron chi connectivity index (χ0n) is 12.7. The number of benzene rings is 1. The quantitative estimate of drug-likeness (QED) is 0.733. The molecule has 0 unspecified atom stereocenters. The Morgan fingerprint density at radius 3 is 2.62 bits per heavy atom. The van der Waals surface area contributed by atoms with E-state index in [4.69, 9.17) is 9.47 Å². The van der Waals surface area contributed by atoms with E-state index in [9.17, 15) is 0 Å². The average molecular weight is 287 g/mol. The highest BCUT2D eigenvalue weighted by Crippen LogP contribution is 2.25. The molecule has 0 radical (unpaired) electrons. The highest BCUT2D eigenvalue weighted by atomic mass is 16.5. The third-order valence-corrected chi connectivity index (χ3v) is 3.12. The first-order valence-electron chi connectivity index (χ1n) is 6.97. The summed E-state index contributed by atoms with van der Waals surface area (Å²) < 4.78 is 11.0. The van der Waals surface area contributed by atoms with E-state index < -0.39 is 0 Å². The molecule has 0 atom stereocenters. The van der Waals surface area contributed by atoms with Crippen LogP contribution in [0.4, 0.5) is 5.82 Å². The molecule has 1 aromatic heterocycles. The molecule has 5 heteroatoms. The smallest absolute Gasteiger partial charge is 0.161 e. The van der Waals surface area contributed by atoms with Crippen molar-refractivity contribution in [3.63, 3.8) is 0 Å². The molecule has 1 aromatic carbocycles. The van der Waals surface area contributed by atoms with Crippen LogP contribution in [0.3, 0.4) is 0 Å². The van der Waals surface area contributed by atoms with E-state index >= 15 is 0 Å². The normalized spacial score (nSPS) is 10.2. The molecule has 0 saturated heterocycles. The van der Waals surface area contributed by atoms with Crippen molar-refractivity contribution in [3.8, 4) is 11.5 Å². The Hall–Kier alpha value is -2.30. The van der Waals surface area contributed by atoms with Gasteiger partial charge in [-0.25, -0.2) is 9.97 Å². The SMILES string of the molecule is COc1ccccc1OCCCN(C)c1ccnc(C)n1. The van der Waals surface area contributed by atoms with E-state index in [1.165, 1.54) is 0 Å². The maximum absolute atomic E-state index is 5.75. The van der Waals surface area contributed by atoms with Gasteiger partial charge in [0.1, 0.15) is 11.6 Å². The highest BCUT2D eigenvalue weighted by molar-refractivity contribution is 5.39. The van der Waals surface area contributed by atoms with Crippen LogP contribution in [0.5, 0.6) is 11.5 Å². The van der Waals surface area contributed by atoms with Crippen molar-refractivity contribution in [1.29, 1.82) is 0 Å². The minimum Gasteiger partial charge on any atom is -0.493 e. The van der Waals surface area contributed by atoms with E-state index in [0.717, 1.165) is 36.1 Å². The largest absolute Gasteiger partial charge is 0.493 e. The summed E-state index contributed by atoms with van der Waals surface area (Å²) in [6.45, 7) is 3.39. The lowest BCUT2D eigenvalue weighted by atomic mass is 10.3. The van der Waals surface area contributed by atoms with Crippen LogP contribution in [0.2, 0.25) is 0 Å². The average Bonchev–Trinajstić information content (AvgIpc) is 2.51. The molecule has 0 aliphatic carbocycles. The number of anilines is 1. The van der Waals surface area contributed by atoms with Crippen LogP contribution < -0.4 is 14.4 Å². The lowest BCUT2D eigenvalue weighted by Gasteiger charge is -2.18. The van der Waals surface area contributed by atoms with Crippen LogP contribution in [0.25, 0.3) is 0 Å². The third-order valence-electron chi connectivity index (χ3n) is 3.12. The van der Waals surface area contributed by atoms with Crippen LogP contribution in [0.15, 0.2) is 36.5 Å². The Labute approximate surface area is 125 Å². The van der Waals surface area contributed by atoms with Crippen molar-refractivity contribution in [1.82, 2.24) is 9.97 Å². The first-order valence-corrected chi connectivity index (χ1v) is 6.97. The topological polar surface area (TPSA) is 47.5 Å². The molecule has 0 bridgehead atoms. The monoisotopic (exact) mass is 287 g/mol. The summed E-state index contributed by atoms with van der Waals surface area (Å²) in [6, 6.07) is 9.58. The zero-order chi connectivity index (χ0) is 15.1. The zero-order valence-corrected chi connectivity index (χ0v) is 12.7. The van der Waals surface area contributed by atoms with Gasteiger partial charge in [-0.05, 0) is 31.5 Å². The van der Waals surface area contributed by atoms with Crippen molar-refractivity contribution >= 4 is 5.82 Å². The first kappa shape index (κ1) is 15.1.